The number of benzene rings is 2. The van der Waals surface area contributed by atoms with Crippen LogP contribution in [0.4, 0.5) is 11.4 Å². The van der Waals surface area contributed by atoms with Gasteiger partial charge in [-0.05, 0) is 62.5 Å². The summed E-state index contributed by atoms with van der Waals surface area (Å²) in [4.78, 5) is 0.0131. The third-order valence-electron chi connectivity index (χ3n) is 2.74. The Morgan fingerprint density at radius 2 is 1.81 bits per heavy atom. The van der Waals surface area contributed by atoms with Gasteiger partial charge < -0.3 is 5.73 Å². The van der Waals surface area contributed by atoms with Gasteiger partial charge in [-0.1, -0.05) is 28.1 Å². The molecule has 8 heteroatoms. The van der Waals surface area contributed by atoms with E-state index in [2.05, 4.69) is 52.5 Å². The maximum Gasteiger partial charge on any atom is 0.265 e. The summed E-state index contributed by atoms with van der Waals surface area (Å²) in [5, 5.41) is 0. The number of halogens is 3. The fraction of sp³-hybridized carbons (Fsp3) is 0.0769. The van der Waals surface area contributed by atoms with E-state index in [1.807, 2.05) is 13.0 Å². The predicted molar refractivity (Wildman–Crippen MR) is 95.9 cm³/mol. The molecule has 2 aromatic rings. The van der Waals surface area contributed by atoms with Gasteiger partial charge in [0.15, 0.2) is 0 Å². The monoisotopic (exact) mass is 496 g/mol. The quantitative estimate of drug-likeness (QED) is 0.604. The van der Waals surface area contributed by atoms with Gasteiger partial charge in [-0.15, -0.1) is 0 Å². The molecule has 21 heavy (non-hydrogen) atoms. The van der Waals surface area contributed by atoms with Crippen molar-refractivity contribution in [1.82, 2.24) is 0 Å². The summed E-state index contributed by atoms with van der Waals surface area (Å²) >= 11 is 9.88. The van der Waals surface area contributed by atoms with Gasteiger partial charge in [0.2, 0.25) is 0 Å². The summed E-state index contributed by atoms with van der Waals surface area (Å²) in [6, 6.07) is 8.52. The lowest BCUT2D eigenvalue weighted by Gasteiger charge is -2.14. The van der Waals surface area contributed by atoms with Crippen molar-refractivity contribution in [3.63, 3.8) is 0 Å². The minimum absolute atomic E-state index is 0.0131. The average molecular weight is 499 g/mol. The first-order valence-corrected chi connectivity index (χ1v) is 9.61. The van der Waals surface area contributed by atoms with Gasteiger partial charge in [0.05, 0.1) is 11.4 Å². The molecule has 4 nitrogen and oxygen atoms in total. The standard InChI is InChI=1S/C13H11Br3N2O2S/c1-7-3-2-4-11(12(7)16)18-21(19,20)13-9(15)5-8(14)6-10(13)17/h2-6,18H,17H2,1H3. The van der Waals surface area contributed by atoms with E-state index < -0.39 is 10.0 Å². The molecule has 0 aliphatic rings. The SMILES string of the molecule is Cc1cccc(NS(=O)(=O)c2c(N)cc(Br)cc2Br)c1Br. The van der Waals surface area contributed by atoms with Gasteiger partial charge in [0, 0.05) is 13.4 Å². The number of nitrogens with one attached hydrogen (secondary N) is 1. The Morgan fingerprint density at radius 3 is 2.43 bits per heavy atom. The highest BCUT2D eigenvalue weighted by molar-refractivity contribution is 9.11. The molecular formula is C13H11Br3N2O2S. The van der Waals surface area contributed by atoms with E-state index in [4.69, 9.17) is 5.73 Å². The molecule has 0 aliphatic carbocycles. The van der Waals surface area contributed by atoms with Crippen LogP contribution in [0.2, 0.25) is 0 Å². The smallest absolute Gasteiger partial charge is 0.265 e. The topological polar surface area (TPSA) is 72.2 Å². The Morgan fingerprint density at radius 1 is 1.14 bits per heavy atom. The molecule has 2 aromatic carbocycles. The van der Waals surface area contributed by atoms with Crippen LogP contribution in [-0.2, 0) is 10.0 Å². The Labute approximate surface area is 148 Å². The van der Waals surface area contributed by atoms with Crippen molar-refractivity contribution in [1.29, 1.82) is 0 Å². The fourth-order valence-corrected chi connectivity index (χ4v) is 5.42. The Kier molecular flexibility index (Phi) is 5.02. The largest absolute Gasteiger partial charge is 0.398 e. The van der Waals surface area contributed by atoms with Crippen LogP contribution in [0.25, 0.3) is 0 Å². The van der Waals surface area contributed by atoms with E-state index in [0.717, 1.165) is 5.56 Å². The highest BCUT2D eigenvalue weighted by Gasteiger charge is 2.22. The van der Waals surface area contributed by atoms with Crippen molar-refractivity contribution in [3.8, 4) is 0 Å². The third-order valence-corrected chi connectivity index (χ3v) is 6.62. The van der Waals surface area contributed by atoms with Crippen molar-refractivity contribution in [2.45, 2.75) is 11.8 Å². The normalized spacial score (nSPS) is 11.4. The zero-order chi connectivity index (χ0) is 15.8. The summed E-state index contributed by atoms with van der Waals surface area (Å²) < 4.78 is 29.5. The molecule has 3 N–H and O–H groups in total. The molecule has 0 heterocycles. The predicted octanol–water partition coefficient (Wildman–Crippen LogP) is 4.67. The summed E-state index contributed by atoms with van der Waals surface area (Å²) in [7, 11) is -3.80. The molecule has 0 spiro atoms. The summed E-state index contributed by atoms with van der Waals surface area (Å²) in [5.74, 6) is 0. The molecule has 2 rings (SSSR count). The van der Waals surface area contributed by atoms with Crippen LogP contribution in [0.15, 0.2) is 48.6 Å². The molecule has 0 aliphatic heterocycles. The lowest BCUT2D eigenvalue weighted by molar-refractivity contribution is 0.601. The molecule has 0 fully saturated rings. The van der Waals surface area contributed by atoms with Crippen molar-refractivity contribution in [3.05, 3.63) is 49.3 Å². The van der Waals surface area contributed by atoms with E-state index in [-0.39, 0.29) is 10.6 Å². The minimum Gasteiger partial charge on any atom is -0.398 e. The van der Waals surface area contributed by atoms with Crippen LogP contribution in [-0.4, -0.2) is 8.42 Å². The van der Waals surface area contributed by atoms with E-state index >= 15 is 0 Å². The maximum absolute atomic E-state index is 12.6. The minimum atomic E-state index is -3.80. The summed E-state index contributed by atoms with van der Waals surface area (Å²) in [6.45, 7) is 1.88. The van der Waals surface area contributed by atoms with Gasteiger partial charge in [-0.2, -0.15) is 0 Å². The molecule has 0 amide bonds. The van der Waals surface area contributed by atoms with E-state index in [1.54, 1.807) is 24.3 Å². The molecule has 0 saturated heterocycles. The zero-order valence-corrected chi connectivity index (χ0v) is 16.4. The van der Waals surface area contributed by atoms with Gasteiger partial charge in [0.1, 0.15) is 4.90 Å². The van der Waals surface area contributed by atoms with Crippen molar-refractivity contribution in [2.75, 3.05) is 10.5 Å². The Balaban J connectivity index is 2.51. The van der Waals surface area contributed by atoms with E-state index in [0.29, 0.717) is 19.1 Å². The van der Waals surface area contributed by atoms with Gasteiger partial charge in [0.25, 0.3) is 10.0 Å². The molecular weight excluding hydrogens is 488 g/mol. The summed E-state index contributed by atoms with van der Waals surface area (Å²) in [5.41, 5.74) is 7.39. The molecule has 0 bridgehead atoms. The number of aryl methyl sites for hydroxylation is 1. The maximum atomic E-state index is 12.6. The second-order valence-corrected chi connectivity index (χ2v) is 8.53. The number of hydrogen-bond acceptors (Lipinski definition) is 3. The molecule has 0 unspecified atom stereocenters. The van der Waals surface area contributed by atoms with Crippen LogP contribution < -0.4 is 10.5 Å². The number of rotatable bonds is 3. The highest BCUT2D eigenvalue weighted by atomic mass is 79.9. The second-order valence-electron chi connectivity index (χ2n) is 4.35. The molecule has 0 aromatic heterocycles. The number of sulfonamides is 1. The van der Waals surface area contributed by atoms with Crippen LogP contribution >= 0.6 is 47.8 Å². The third kappa shape index (κ3) is 3.61. The number of hydrogen-bond donors (Lipinski definition) is 2. The molecule has 0 atom stereocenters. The van der Waals surface area contributed by atoms with Gasteiger partial charge >= 0.3 is 0 Å². The summed E-state index contributed by atoms with van der Waals surface area (Å²) in [6.07, 6.45) is 0. The van der Waals surface area contributed by atoms with Gasteiger partial charge in [-0.25, -0.2) is 8.42 Å². The first-order chi connectivity index (χ1) is 9.72. The first kappa shape index (κ1) is 16.8. The lowest BCUT2D eigenvalue weighted by Crippen LogP contribution is -2.16. The Hall–Kier alpha value is -0.570. The lowest BCUT2D eigenvalue weighted by atomic mass is 10.2. The Bertz CT molecular complexity index is 784. The molecule has 0 radical (unpaired) electrons. The fourth-order valence-electron chi connectivity index (χ4n) is 1.79. The van der Waals surface area contributed by atoms with Crippen LogP contribution in [0.1, 0.15) is 5.56 Å². The van der Waals surface area contributed by atoms with E-state index in [9.17, 15) is 8.42 Å². The van der Waals surface area contributed by atoms with Crippen molar-refractivity contribution < 1.29 is 8.42 Å². The van der Waals surface area contributed by atoms with Crippen LogP contribution in [0, 0.1) is 6.92 Å². The highest BCUT2D eigenvalue weighted by Crippen LogP contribution is 2.34. The van der Waals surface area contributed by atoms with Crippen molar-refractivity contribution >= 4 is 69.2 Å². The van der Waals surface area contributed by atoms with Crippen LogP contribution in [0.5, 0.6) is 0 Å². The average Bonchev–Trinajstić information content (AvgIpc) is 2.33. The number of anilines is 2. The molecule has 112 valence electrons. The zero-order valence-electron chi connectivity index (χ0n) is 10.8. The second kappa shape index (κ2) is 6.28. The van der Waals surface area contributed by atoms with Crippen molar-refractivity contribution in [2.24, 2.45) is 0 Å². The van der Waals surface area contributed by atoms with Gasteiger partial charge in [-0.3, -0.25) is 4.72 Å². The number of nitrogen functional groups attached to an aromatic ring is 1. The molecule has 0 saturated carbocycles. The van der Waals surface area contributed by atoms with E-state index in [1.165, 1.54) is 0 Å². The number of nitrogens with two attached hydrogens (primary N) is 1. The first-order valence-electron chi connectivity index (χ1n) is 5.75. The van der Waals surface area contributed by atoms with Crippen LogP contribution in [0.3, 0.4) is 0 Å².